The third-order valence-electron chi connectivity index (χ3n) is 5.36. The molecule has 2 saturated heterocycles. The van der Waals surface area contributed by atoms with Crippen LogP contribution in [0.2, 0.25) is 0 Å². The van der Waals surface area contributed by atoms with Crippen molar-refractivity contribution in [1.29, 1.82) is 0 Å². The molecule has 0 aromatic heterocycles. The summed E-state index contributed by atoms with van der Waals surface area (Å²) in [5, 5.41) is 6.98. The fraction of sp³-hybridized carbons (Fsp3) is 0.944. The SMILES string of the molecule is CN=C(NCCCN1CCCCC1C)NCC1CCCN(C)C1. The summed E-state index contributed by atoms with van der Waals surface area (Å²) in [5.41, 5.74) is 0. The second-order valence-corrected chi connectivity index (χ2v) is 7.38. The Balaban J connectivity index is 1.57. The first kappa shape index (κ1) is 18.5. The molecule has 2 heterocycles. The van der Waals surface area contributed by atoms with Crippen LogP contribution in [0.4, 0.5) is 0 Å². The van der Waals surface area contributed by atoms with E-state index in [2.05, 4.69) is 39.4 Å². The second-order valence-electron chi connectivity index (χ2n) is 7.38. The van der Waals surface area contributed by atoms with E-state index in [-0.39, 0.29) is 0 Å². The average molecular weight is 324 g/mol. The molecular weight excluding hydrogens is 286 g/mol. The van der Waals surface area contributed by atoms with Gasteiger partial charge in [0.25, 0.3) is 0 Å². The van der Waals surface area contributed by atoms with E-state index in [0.29, 0.717) is 0 Å². The first-order valence-electron chi connectivity index (χ1n) is 9.56. The Bertz CT molecular complexity index is 357. The zero-order valence-electron chi connectivity index (χ0n) is 15.5. The van der Waals surface area contributed by atoms with E-state index in [4.69, 9.17) is 0 Å². The van der Waals surface area contributed by atoms with Crippen molar-refractivity contribution >= 4 is 5.96 Å². The molecule has 0 spiro atoms. The van der Waals surface area contributed by atoms with Crippen LogP contribution < -0.4 is 10.6 Å². The van der Waals surface area contributed by atoms with Crippen molar-refractivity contribution < 1.29 is 0 Å². The fourth-order valence-corrected chi connectivity index (χ4v) is 3.88. The Kier molecular flexibility index (Phi) is 8.17. The Labute approximate surface area is 142 Å². The van der Waals surface area contributed by atoms with Crippen LogP contribution in [0.15, 0.2) is 4.99 Å². The molecule has 134 valence electrons. The molecule has 5 nitrogen and oxygen atoms in total. The highest BCUT2D eigenvalue weighted by atomic mass is 15.2. The first-order chi connectivity index (χ1) is 11.2. The number of likely N-dealkylation sites (tertiary alicyclic amines) is 2. The van der Waals surface area contributed by atoms with E-state index < -0.39 is 0 Å². The summed E-state index contributed by atoms with van der Waals surface area (Å²) in [6, 6.07) is 0.768. The highest BCUT2D eigenvalue weighted by Crippen LogP contribution is 2.16. The van der Waals surface area contributed by atoms with Crippen LogP contribution in [0.3, 0.4) is 0 Å². The molecule has 0 aromatic rings. The van der Waals surface area contributed by atoms with E-state index in [1.807, 2.05) is 7.05 Å². The molecule has 2 fully saturated rings. The lowest BCUT2D eigenvalue weighted by Crippen LogP contribution is -2.44. The van der Waals surface area contributed by atoms with Gasteiger partial charge in [-0.3, -0.25) is 4.99 Å². The molecule has 0 amide bonds. The van der Waals surface area contributed by atoms with Gasteiger partial charge in [0.1, 0.15) is 0 Å². The summed E-state index contributed by atoms with van der Waals surface area (Å²) in [7, 11) is 4.09. The van der Waals surface area contributed by atoms with Crippen molar-refractivity contribution in [2.75, 3.05) is 53.4 Å². The molecule has 0 bridgehead atoms. The van der Waals surface area contributed by atoms with Crippen LogP contribution in [0, 0.1) is 5.92 Å². The third kappa shape index (κ3) is 6.68. The van der Waals surface area contributed by atoms with Gasteiger partial charge in [-0.15, -0.1) is 0 Å². The minimum Gasteiger partial charge on any atom is -0.356 e. The van der Waals surface area contributed by atoms with Crippen molar-refractivity contribution in [1.82, 2.24) is 20.4 Å². The lowest BCUT2D eigenvalue weighted by molar-refractivity contribution is 0.159. The number of aliphatic imine (C=N–C) groups is 1. The Morgan fingerprint density at radius 2 is 2.00 bits per heavy atom. The van der Waals surface area contributed by atoms with Crippen LogP contribution in [-0.4, -0.2) is 75.2 Å². The molecule has 0 saturated carbocycles. The van der Waals surface area contributed by atoms with Crippen LogP contribution >= 0.6 is 0 Å². The van der Waals surface area contributed by atoms with Gasteiger partial charge in [-0.2, -0.15) is 0 Å². The molecule has 0 radical (unpaired) electrons. The Hall–Kier alpha value is -0.810. The molecule has 23 heavy (non-hydrogen) atoms. The molecule has 2 rings (SSSR count). The minimum absolute atomic E-state index is 0.751. The predicted molar refractivity (Wildman–Crippen MR) is 99.1 cm³/mol. The molecule has 2 unspecified atom stereocenters. The first-order valence-corrected chi connectivity index (χ1v) is 9.56. The van der Waals surface area contributed by atoms with Crippen molar-refractivity contribution in [3.8, 4) is 0 Å². The zero-order valence-corrected chi connectivity index (χ0v) is 15.5. The van der Waals surface area contributed by atoms with E-state index in [9.17, 15) is 0 Å². The largest absolute Gasteiger partial charge is 0.356 e. The van der Waals surface area contributed by atoms with Gasteiger partial charge in [-0.05, 0) is 65.1 Å². The monoisotopic (exact) mass is 323 g/mol. The zero-order chi connectivity index (χ0) is 16.5. The number of guanidine groups is 1. The van der Waals surface area contributed by atoms with Crippen molar-refractivity contribution in [3.63, 3.8) is 0 Å². The lowest BCUT2D eigenvalue weighted by atomic mass is 9.99. The number of nitrogens with zero attached hydrogens (tertiary/aromatic N) is 3. The maximum Gasteiger partial charge on any atom is 0.190 e. The molecule has 2 aliphatic rings. The van der Waals surface area contributed by atoms with Gasteiger partial charge >= 0.3 is 0 Å². The van der Waals surface area contributed by atoms with E-state index in [0.717, 1.165) is 31.0 Å². The van der Waals surface area contributed by atoms with Crippen LogP contribution in [0.1, 0.15) is 45.4 Å². The topological polar surface area (TPSA) is 42.9 Å². The summed E-state index contributed by atoms with van der Waals surface area (Å²) in [4.78, 5) is 9.43. The van der Waals surface area contributed by atoms with Gasteiger partial charge in [-0.1, -0.05) is 6.42 Å². The van der Waals surface area contributed by atoms with Crippen molar-refractivity contribution in [2.45, 2.75) is 51.5 Å². The smallest absolute Gasteiger partial charge is 0.190 e. The number of piperidine rings is 2. The highest BCUT2D eigenvalue weighted by Gasteiger charge is 2.18. The van der Waals surface area contributed by atoms with Crippen LogP contribution in [-0.2, 0) is 0 Å². The average Bonchev–Trinajstić information content (AvgIpc) is 2.56. The summed E-state index contributed by atoms with van der Waals surface area (Å²) in [5.74, 6) is 1.71. The van der Waals surface area contributed by atoms with Crippen LogP contribution in [0.25, 0.3) is 0 Å². The maximum atomic E-state index is 4.36. The van der Waals surface area contributed by atoms with E-state index >= 15 is 0 Å². The predicted octanol–water partition coefficient (Wildman–Crippen LogP) is 1.76. The quantitative estimate of drug-likeness (QED) is 0.444. The molecule has 5 heteroatoms. The van der Waals surface area contributed by atoms with Gasteiger partial charge in [0.2, 0.25) is 0 Å². The summed E-state index contributed by atoms with van der Waals surface area (Å²) in [6.07, 6.45) is 7.99. The number of nitrogens with one attached hydrogen (secondary N) is 2. The molecular formula is C18H37N5. The fourth-order valence-electron chi connectivity index (χ4n) is 3.88. The molecule has 0 aliphatic carbocycles. The van der Waals surface area contributed by atoms with Gasteiger partial charge in [0.05, 0.1) is 0 Å². The number of hydrogen-bond acceptors (Lipinski definition) is 3. The number of rotatable bonds is 6. The van der Waals surface area contributed by atoms with Gasteiger partial charge in [-0.25, -0.2) is 0 Å². The van der Waals surface area contributed by atoms with Crippen molar-refractivity contribution in [2.24, 2.45) is 10.9 Å². The van der Waals surface area contributed by atoms with Gasteiger partial charge in [0.15, 0.2) is 5.96 Å². The van der Waals surface area contributed by atoms with Gasteiger partial charge in [0, 0.05) is 39.3 Å². The maximum absolute atomic E-state index is 4.36. The summed E-state index contributed by atoms with van der Waals surface area (Å²) in [6.45, 7) is 9.35. The van der Waals surface area contributed by atoms with E-state index in [1.54, 1.807) is 0 Å². The van der Waals surface area contributed by atoms with Crippen molar-refractivity contribution in [3.05, 3.63) is 0 Å². The Morgan fingerprint density at radius 3 is 2.74 bits per heavy atom. The number of hydrogen-bond donors (Lipinski definition) is 2. The lowest BCUT2D eigenvalue weighted by Gasteiger charge is -2.33. The molecule has 2 atom stereocenters. The third-order valence-corrected chi connectivity index (χ3v) is 5.36. The van der Waals surface area contributed by atoms with E-state index in [1.165, 1.54) is 64.7 Å². The molecule has 2 N–H and O–H groups in total. The van der Waals surface area contributed by atoms with Gasteiger partial charge < -0.3 is 20.4 Å². The summed E-state index contributed by atoms with van der Waals surface area (Å²) >= 11 is 0. The standard InChI is InChI=1S/C18H37N5/c1-16-8-4-5-12-23(16)13-7-10-20-18(19-2)21-14-17-9-6-11-22(3)15-17/h16-17H,4-15H2,1-3H3,(H2,19,20,21). The molecule has 0 aromatic carbocycles. The Morgan fingerprint density at radius 1 is 1.13 bits per heavy atom. The normalized spacial score (nSPS) is 27.9. The molecule has 2 aliphatic heterocycles. The minimum atomic E-state index is 0.751. The van der Waals surface area contributed by atoms with Crippen LogP contribution in [0.5, 0.6) is 0 Å². The highest BCUT2D eigenvalue weighted by molar-refractivity contribution is 5.79. The summed E-state index contributed by atoms with van der Waals surface area (Å²) < 4.78 is 0. The second kappa shape index (κ2) is 10.1.